The van der Waals surface area contributed by atoms with E-state index in [-0.39, 0.29) is 12.1 Å². The quantitative estimate of drug-likeness (QED) is 0.761. The van der Waals surface area contributed by atoms with Gasteiger partial charge >= 0.3 is 0 Å². The summed E-state index contributed by atoms with van der Waals surface area (Å²) >= 11 is 0. The van der Waals surface area contributed by atoms with E-state index in [1.54, 1.807) is 0 Å². The Balaban J connectivity index is 1.32. The van der Waals surface area contributed by atoms with Gasteiger partial charge in [-0.3, -0.25) is 4.90 Å². The lowest BCUT2D eigenvalue weighted by molar-refractivity contribution is -0.103. The number of benzene rings is 2. The zero-order valence-electron chi connectivity index (χ0n) is 14.9. The predicted molar refractivity (Wildman–Crippen MR) is 103 cm³/mol. The maximum Gasteiger partial charge on any atom is 0.121 e. The van der Waals surface area contributed by atoms with Crippen LogP contribution in [0.5, 0.6) is 0 Å². The molecule has 3 heterocycles. The van der Waals surface area contributed by atoms with Crippen molar-refractivity contribution in [1.82, 2.24) is 14.9 Å². The molecule has 1 aromatic heterocycles. The molecule has 0 amide bonds. The highest BCUT2D eigenvalue weighted by atomic mass is 16.3. The van der Waals surface area contributed by atoms with Gasteiger partial charge in [-0.25, -0.2) is 4.98 Å². The molecule has 4 nitrogen and oxygen atoms in total. The van der Waals surface area contributed by atoms with Crippen LogP contribution in [0.4, 0.5) is 0 Å². The molecule has 0 spiro atoms. The third kappa shape index (κ3) is 2.83. The molecular formula is C22H25N3O. The maximum atomic E-state index is 11.0. The van der Waals surface area contributed by atoms with Crippen LogP contribution in [0.2, 0.25) is 0 Å². The van der Waals surface area contributed by atoms with Crippen molar-refractivity contribution in [3.63, 3.8) is 0 Å². The summed E-state index contributed by atoms with van der Waals surface area (Å²) in [6, 6.07) is 19.0. The van der Waals surface area contributed by atoms with Crippen LogP contribution in [0.1, 0.15) is 24.2 Å². The number of nitrogens with zero attached hydrogens (tertiary/aromatic N) is 2. The third-order valence-electron chi connectivity index (χ3n) is 6.32. The number of piperidine rings is 2. The fraction of sp³-hybridized carbons (Fsp3) is 0.409. The molecule has 3 aliphatic rings. The molecule has 3 fully saturated rings. The van der Waals surface area contributed by atoms with Gasteiger partial charge in [0.25, 0.3) is 0 Å². The summed E-state index contributed by atoms with van der Waals surface area (Å²) in [7, 11) is 0. The Hall–Kier alpha value is -2.17. The number of aliphatic hydroxyl groups excluding tert-OH is 1. The average molecular weight is 347 g/mol. The van der Waals surface area contributed by atoms with Crippen LogP contribution in [0.25, 0.3) is 11.0 Å². The highest BCUT2D eigenvalue weighted by molar-refractivity contribution is 5.74. The second-order valence-electron chi connectivity index (χ2n) is 7.88. The topological polar surface area (TPSA) is 52.1 Å². The highest BCUT2D eigenvalue weighted by Crippen LogP contribution is 2.41. The number of aliphatic hydroxyl groups is 1. The van der Waals surface area contributed by atoms with Crippen molar-refractivity contribution in [1.29, 1.82) is 0 Å². The minimum absolute atomic E-state index is 0.243. The highest BCUT2D eigenvalue weighted by Gasteiger charge is 2.46. The first kappa shape index (κ1) is 16.0. The van der Waals surface area contributed by atoms with Gasteiger partial charge in [0.2, 0.25) is 0 Å². The van der Waals surface area contributed by atoms with Crippen molar-refractivity contribution in [2.24, 2.45) is 11.8 Å². The third-order valence-corrected chi connectivity index (χ3v) is 6.32. The molecule has 2 aliphatic heterocycles. The first-order chi connectivity index (χ1) is 12.8. The summed E-state index contributed by atoms with van der Waals surface area (Å²) in [6.45, 7) is 1.86. The summed E-state index contributed by atoms with van der Waals surface area (Å²) in [5.41, 5.74) is 3.45. The molecule has 2 N–H and O–H groups in total. The number of imidazole rings is 1. The van der Waals surface area contributed by atoms with Gasteiger partial charge in [-0.05, 0) is 48.8 Å². The maximum absolute atomic E-state index is 11.0. The monoisotopic (exact) mass is 347 g/mol. The molecular weight excluding hydrogens is 322 g/mol. The van der Waals surface area contributed by atoms with Crippen molar-refractivity contribution >= 4 is 11.0 Å². The van der Waals surface area contributed by atoms with Crippen molar-refractivity contribution in [3.8, 4) is 0 Å². The number of aromatic nitrogens is 2. The molecule has 6 rings (SSSR count). The smallest absolute Gasteiger partial charge is 0.121 e. The number of aromatic amines is 1. The first-order valence-corrected chi connectivity index (χ1v) is 9.67. The number of nitrogens with one attached hydrogen (secondary N) is 1. The zero-order valence-corrected chi connectivity index (χ0v) is 14.9. The standard InChI is InChI=1S/C22H25N3O/c26-22-17(12-15-6-2-1-3-7-15)16-10-11-20(22)25(13-16)14-21-23-18-8-4-5-9-19(18)24-21/h1-9,16-17,20,22,26H,10-14H2,(H,23,24). The Bertz CT molecular complexity index is 856. The Kier molecular flexibility index (Phi) is 4.03. The van der Waals surface area contributed by atoms with Crippen LogP contribution in [0.15, 0.2) is 54.6 Å². The summed E-state index contributed by atoms with van der Waals surface area (Å²) in [5.74, 6) is 1.95. The van der Waals surface area contributed by atoms with Crippen LogP contribution < -0.4 is 0 Å². The summed E-state index contributed by atoms with van der Waals surface area (Å²) in [6.07, 6.45) is 3.07. The molecule has 4 unspecified atom stereocenters. The van der Waals surface area contributed by atoms with E-state index in [0.717, 1.165) is 42.8 Å². The Morgan fingerprint density at radius 3 is 2.65 bits per heavy atom. The normalized spacial score (nSPS) is 28.7. The van der Waals surface area contributed by atoms with Crippen LogP contribution >= 0.6 is 0 Å². The first-order valence-electron chi connectivity index (χ1n) is 9.67. The molecule has 3 aromatic rings. The van der Waals surface area contributed by atoms with Crippen LogP contribution in [0.3, 0.4) is 0 Å². The lowest BCUT2D eigenvalue weighted by atomic mass is 9.68. The van der Waals surface area contributed by atoms with Crippen LogP contribution in [0, 0.1) is 11.8 Å². The molecule has 1 aliphatic carbocycles. The lowest BCUT2D eigenvalue weighted by Crippen LogP contribution is -2.60. The number of H-pyrrole nitrogens is 1. The number of fused-ring (bicyclic) bond motifs is 4. The second-order valence-corrected chi connectivity index (χ2v) is 7.88. The van der Waals surface area contributed by atoms with Crippen LogP contribution in [-0.4, -0.2) is 38.7 Å². The summed E-state index contributed by atoms with van der Waals surface area (Å²) in [5, 5.41) is 11.0. The number of hydrogen-bond acceptors (Lipinski definition) is 3. The van der Waals surface area contributed by atoms with Gasteiger partial charge in [-0.1, -0.05) is 42.5 Å². The molecule has 2 saturated heterocycles. The molecule has 4 heteroatoms. The van der Waals surface area contributed by atoms with E-state index in [9.17, 15) is 5.11 Å². The van der Waals surface area contributed by atoms with Crippen molar-refractivity contribution in [2.75, 3.05) is 6.54 Å². The van der Waals surface area contributed by atoms with Gasteiger partial charge in [0, 0.05) is 12.6 Å². The van der Waals surface area contributed by atoms with E-state index in [4.69, 9.17) is 4.98 Å². The van der Waals surface area contributed by atoms with Gasteiger partial charge in [0.15, 0.2) is 0 Å². The average Bonchev–Trinajstić information content (AvgIpc) is 3.08. The van der Waals surface area contributed by atoms with Gasteiger partial charge in [-0.2, -0.15) is 0 Å². The minimum Gasteiger partial charge on any atom is -0.391 e. The lowest BCUT2D eigenvalue weighted by Gasteiger charge is -2.52. The fourth-order valence-electron chi connectivity index (χ4n) is 5.02. The molecule has 2 bridgehead atoms. The SMILES string of the molecule is OC1C(Cc2ccccc2)C2CCC1N(Cc1nc3ccccc3[nH]1)C2. The van der Waals surface area contributed by atoms with Crippen molar-refractivity contribution < 1.29 is 5.11 Å². The Labute approximate surface area is 153 Å². The Morgan fingerprint density at radius 2 is 1.85 bits per heavy atom. The Morgan fingerprint density at radius 1 is 1.04 bits per heavy atom. The van der Waals surface area contributed by atoms with E-state index in [2.05, 4.69) is 46.3 Å². The van der Waals surface area contributed by atoms with Crippen LogP contribution in [-0.2, 0) is 13.0 Å². The van der Waals surface area contributed by atoms with E-state index < -0.39 is 0 Å². The van der Waals surface area contributed by atoms with Gasteiger partial charge in [0.05, 0.1) is 23.7 Å². The molecule has 2 aromatic carbocycles. The summed E-state index contributed by atoms with van der Waals surface area (Å²) < 4.78 is 0. The van der Waals surface area contributed by atoms with E-state index in [1.165, 1.54) is 12.0 Å². The number of hydrogen-bond donors (Lipinski definition) is 2. The fourth-order valence-corrected chi connectivity index (χ4v) is 5.02. The second kappa shape index (κ2) is 6.53. The molecule has 1 saturated carbocycles. The molecule has 26 heavy (non-hydrogen) atoms. The van der Waals surface area contributed by atoms with E-state index >= 15 is 0 Å². The number of rotatable bonds is 4. The number of para-hydroxylation sites is 2. The van der Waals surface area contributed by atoms with Gasteiger partial charge in [0.1, 0.15) is 5.82 Å². The van der Waals surface area contributed by atoms with Gasteiger partial charge in [-0.15, -0.1) is 0 Å². The minimum atomic E-state index is -0.243. The van der Waals surface area contributed by atoms with Gasteiger partial charge < -0.3 is 10.1 Å². The van der Waals surface area contributed by atoms with E-state index in [0.29, 0.717) is 11.8 Å². The van der Waals surface area contributed by atoms with E-state index in [1.807, 2.05) is 18.2 Å². The largest absolute Gasteiger partial charge is 0.391 e. The van der Waals surface area contributed by atoms with Crippen molar-refractivity contribution in [2.45, 2.75) is 38.0 Å². The predicted octanol–water partition coefficient (Wildman–Crippen LogP) is 3.38. The molecule has 0 radical (unpaired) electrons. The summed E-state index contributed by atoms with van der Waals surface area (Å²) in [4.78, 5) is 10.6. The zero-order chi connectivity index (χ0) is 17.5. The van der Waals surface area contributed by atoms with Crippen molar-refractivity contribution in [3.05, 3.63) is 66.0 Å². The molecule has 134 valence electrons. The molecule has 4 atom stereocenters.